The number of methoxy groups -OCH3 is 1. The molecule has 1 aliphatic carbocycles. The number of ether oxygens (including phenoxy) is 1. The second-order valence-electron chi connectivity index (χ2n) is 8.09. The minimum Gasteiger partial charge on any atom is -0.497 e. The maximum atomic E-state index is 13.3. The van der Waals surface area contributed by atoms with E-state index in [1.165, 1.54) is 12.8 Å². The van der Waals surface area contributed by atoms with Gasteiger partial charge in [-0.15, -0.1) is 0 Å². The van der Waals surface area contributed by atoms with Crippen molar-refractivity contribution in [2.75, 3.05) is 20.7 Å². The number of carbonyl (C=O) groups excluding carboxylic acids is 1. The molecule has 28 heavy (non-hydrogen) atoms. The molecule has 1 N–H and O–H groups in total. The van der Waals surface area contributed by atoms with Crippen LogP contribution in [0, 0.1) is 5.92 Å². The van der Waals surface area contributed by atoms with Crippen LogP contribution in [0.5, 0.6) is 5.75 Å². The topological polar surface area (TPSA) is 41.6 Å². The molecule has 2 bridgehead atoms. The molecular weight excluding hydrogens is 372 g/mol. The standard InChI is InChI=1S/C23H27ClN2O2/c1-26-15-16-10-12-23(26,13-11-16)21(17-6-4-3-5-7-17)25-22(27)19-14-18(28-2)8-9-20(19)24/h3-9,14,16,21H,10-13,15H2,1-2H3,(H,25,27). The summed E-state index contributed by atoms with van der Waals surface area (Å²) in [7, 11) is 3.79. The first kappa shape index (κ1) is 19.3. The van der Waals surface area contributed by atoms with Crippen molar-refractivity contribution in [1.82, 2.24) is 10.2 Å². The second kappa shape index (κ2) is 7.76. The molecule has 4 nitrogen and oxygen atoms in total. The highest BCUT2D eigenvalue weighted by atomic mass is 35.5. The summed E-state index contributed by atoms with van der Waals surface area (Å²) in [6, 6.07) is 15.4. The van der Waals surface area contributed by atoms with Crippen molar-refractivity contribution in [3.8, 4) is 5.75 Å². The van der Waals surface area contributed by atoms with Gasteiger partial charge in [0, 0.05) is 12.1 Å². The molecule has 5 rings (SSSR count). The van der Waals surface area contributed by atoms with E-state index in [1.807, 2.05) is 18.2 Å². The third-order valence-corrected chi connectivity index (χ3v) is 6.96. The number of rotatable bonds is 5. The highest BCUT2D eigenvalue weighted by Gasteiger charge is 2.50. The molecule has 1 unspecified atom stereocenters. The number of piperidine rings is 2. The van der Waals surface area contributed by atoms with E-state index in [0.29, 0.717) is 16.3 Å². The summed E-state index contributed by atoms with van der Waals surface area (Å²) in [4.78, 5) is 15.7. The summed E-state index contributed by atoms with van der Waals surface area (Å²) in [6.45, 7) is 1.10. The van der Waals surface area contributed by atoms with Crippen LogP contribution in [0.4, 0.5) is 0 Å². The summed E-state index contributed by atoms with van der Waals surface area (Å²) in [5.41, 5.74) is 1.53. The van der Waals surface area contributed by atoms with Gasteiger partial charge in [0.15, 0.2) is 0 Å². The van der Waals surface area contributed by atoms with Gasteiger partial charge in [0.25, 0.3) is 5.91 Å². The molecule has 1 atom stereocenters. The quantitative estimate of drug-likeness (QED) is 0.794. The number of benzene rings is 2. The highest BCUT2D eigenvalue weighted by Crippen LogP contribution is 2.49. The summed E-state index contributed by atoms with van der Waals surface area (Å²) >= 11 is 6.34. The predicted octanol–water partition coefficient (Wildman–Crippen LogP) is 4.69. The minimum atomic E-state index is -0.159. The van der Waals surface area contributed by atoms with Gasteiger partial charge in [-0.3, -0.25) is 9.69 Å². The molecule has 2 aliphatic heterocycles. The Morgan fingerprint density at radius 3 is 2.57 bits per heavy atom. The Balaban J connectivity index is 1.70. The molecule has 2 aromatic carbocycles. The maximum Gasteiger partial charge on any atom is 0.253 e. The number of hydrogen-bond donors (Lipinski definition) is 1. The van der Waals surface area contributed by atoms with Crippen molar-refractivity contribution in [3.05, 3.63) is 64.7 Å². The lowest BCUT2D eigenvalue weighted by Crippen LogP contribution is -2.62. The van der Waals surface area contributed by atoms with Crippen LogP contribution in [-0.2, 0) is 0 Å². The molecule has 5 heteroatoms. The van der Waals surface area contributed by atoms with E-state index in [0.717, 1.165) is 30.9 Å². The fourth-order valence-electron chi connectivity index (χ4n) is 5.01. The zero-order valence-electron chi connectivity index (χ0n) is 16.5. The average molecular weight is 399 g/mol. The van der Waals surface area contributed by atoms with Gasteiger partial charge in [0.1, 0.15) is 5.75 Å². The maximum absolute atomic E-state index is 13.3. The van der Waals surface area contributed by atoms with Gasteiger partial charge in [0.05, 0.1) is 23.7 Å². The van der Waals surface area contributed by atoms with Gasteiger partial charge in [-0.1, -0.05) is 41.9 Å². The van der Waals surface area contributed by atoms with Crippen LogP contribution in [0.25, 0.3) is 0 Å². The van der Waals surface area contributed by atoms with E-state index in [4.69, 9.17) is 16.3 Å². The van der Waals surface area contributed by atoms with E-state index in [2.05, 4.69) is 29.4 Å². The lowest BCUT2D eigenvalue weighted by Gasteiger charge is -2.57. The van der Waals surface area contributed by atoms with Crippen LogP contribution in [0.1, 0.15) is 47.6 Å². The Morgan fingerprint density at radius 2 is 1.93 bits per heavy atom. The van der Waals surface area contributed by atoms with Crippen molar-refractivity contribution in [3.63, 3.8) is 0 Å². The van der Waals surface area contributed by atoms with Crippen LogP contribution in [0.2, 0.25) is 5.02 Å². The summed E-state index contributed by atoms with van der Waals surface area (Å²) < 4.78 is 5.28. The predicted molar refractivity (Wildman–Crippen MR) is 112 cm³/mol. The number of hydrogen-bond acceptors (Lipinski definition) is 3. The Morgan fingerprint density at radius 1 is 1.21 bits per heavy atom. The largest absolute Gasteiger partial charge is 0.497 e. The van der Waals surface area contributed by atoms with E-state index >= 15 is 0 Å². The number of halogens is 1. The van der Waals surface area contributed by atoms with E-state index in [1.54, 1.807) is 25.3 Å². The van der Waals surface area contributed by atoms with Crippen molar-refractivity contribution in [2.24, 2.45) is 5.92 Å². The molecule has 2 aromatic rings. The van der Waals surface area contributed by atoms with E-state index in [-0.39, 0.29) is 17.5 Å². The SMILES string of the molecule is COc1ccc(Cl)c(C(=O)NC(c2ccccc2)C23CCC(CC2)CN3C)c1. The van der Waals surface area contributed by atoms with Gasteiger partial charge in [-0.25, -0.2) is 0 Å². The van der Waals surface area contributed by atoms with Gasteiger partial charge in [-0.2, -0.15) is 0 Å². The van der Waals surface area contributed by atoms with Crippen LogP contribution < -0.4 is 10.1 Å². The smallest absolute Gasteiger partial charge is 0.253 e. The molecule has 2 saturated heterocycles. The molecule has 2 heterocycles. The first-order valence-electron chi connectivity index (χ1n) is 9.94. The molecule has 148 valence electrons. The molecule has 3 fully saturated rings. The first-order chi connectivity index (χ1) is 13.5. The Kier molecular flexibility index (Phi) is 5.35. The number of carbonyl (C=O) groups is 1. The molecule has 0 radical (unpaired) electrons. The molecular formula is C23H27ClN2O2. The van der Waals surface area contributed by atoms with Gasteiger partial charge >= 0.3 is 0 Å². The van der Waals surface area contributed by atoms with Crippen molar-refractivity contribution in [2.45, 2.75) is 37.3 Å². The van der Waals surface area contributed by atoms with Crippen molar-refractivity contribution >= 4 is 17.5 Å². The molecule has 3 aliphatic rings. The number of nitrogens with zero attached hydrogens (tertiary/aromatic N) is 1. The zero-order valence-corrected chi connectivity index (χ0v) is 17.2. The summed E-state index contributed by atoms with van der Waals surface area (Å²) in [6.07, 6.45) is 4.65. The average Bonchev–Trinajstić information content (AvgIpc) is 2.73. The summed E-state index contributed by atoms with van der Waals surface area (Å²) in [5.74, 6) is 1.25. The first-order valence-corrected chi connectivity index (χ1v) is 10.3. The fourth-order valence-corrected chi connectivity index (χ4v) is 5.21. The Labute approximate surface area is 171 Å². The zero-order chi connectivity index (χ0) is 19.7. The van der Waals surface area contributed by atoms with Crippen LogP contribution in [-0.4, -0.2) is 37.0 Å². The van der Waals surface area contributed by atoms with Crippen LogP contribution >= 0.6 is 11.6 Å². The van der Waals surface area contributed by atoms with Gasteiger partial charge in [0.2, 0.25) is 0 Å². The lowest BCUT2D eigenvalue weighted by atomic mass is 9.66. The van der Waals surface area contributed by atoms with Crippen LogP contribution in [0.15, 0.2) is 48.5 Å². The number of nitrogens with one attached hydrogen (secondary N) is 1. The molecule has 0 aromatic heterocycles. The van der Waals surface area contributed by atoms with E-state index in [9.17, 15) is 4.79 Å². The van der Waals surface area contributed by atoms with Crippen LogP contribution in [0.3, 0.4) is 0 Å². The summed E-state index contributed by atoms with van der Waals surface area (Å²) in [5, 5.41) is 3.77. The van der Waals surface area contributed by atoms with Crippen molar-refractivity contribution < 1.29 is 9.53 Å². The third-order valence-electron chi connectivity index (χ3n) is 6.63. The van der Waals surface area contributed by atoms with Gasteiger partial charge < -0.3 is 10.1 Å². The van der Waals surface area contributed by atoms with Gasteiger partial charge in [-0.05, 0) is 62.4 Å². The fraction of sp³-hybridized carbons (Fsp3) is 0.435. The number of fused-ring (bicyclic) bond motifs is 3. The molecule has 1 saturated carbocycles. The highest BCUT2D eigenvalue weighted by molar-refractivity contribution is 6.33. The number of amides is 1. The third kappa shape index (κ3) is 3.40. The Hall–Kier alpha value is -2.04. The molecule has 0 spiro atoms. The second-order valence-corrected chi connectivity index (χ2v) is 8.50. The van der Waals surface area contributed by atoms with Crippen molar-refractivity contribution in [1.29, 1.82) is 0 Å². The molecule has 1 amide bonds. The van der Waals surface area contributed by atoms with E-state index < -0.39 is 0 Å². The normalized spacial score (nSPS) is 25.3. The number of likely N-dealkylation sites (N-methyl/N-ethyl adjacent to an activating group) is 1. The minimum absolute atomic E-state index is 0.0584. The monoisotopic (exact) mass is 398 g/mol. The Bertz CT molecular complexity index is 847. The lowest BCUT2D eigenvalue weighted by molar-refractivity contribution is -0.0404.